The Balaban J connectivity index is 1.68. The highest BCUT2D eigenvalue weighted by Gasteiger charge is 2.18. The van der Waals surface area contributed by atoms with Crippen LogP contribution in [0.2, 0.25) is 0 Å². The van der Waals surface area contributed by atoms with E-state index in [1.165, 1.54) is 6.20 Å². The van der Waals surface area contributed by atoms with Crippen LogP contribution in [0.1, 0.15) is 31.7 Å². The molecular weight excluding hydrogens is 354 g/mol. The Bertz CT molecular complexity index is 842. The molecule has 142 valence electrons. The standard InChI is InChI=1S/C18H25N3O4S/c1-3-24-18-8-7-17(10-14(18)2)26(22,23)20-15-11-19-21(12-15)13-16-6-4-5-9-25-16/h7-8,10-12,16,20H,3-6,9,13H2,1-2H3. The van der Waals surface area contributed by atoms with Gasteiger partial charge in [0, 0.05) is 12.8 Å². The summed E-state index contributed by atoms with van der Waals surface area (Å²) in [6.45, 7) is 5.66. The molecule has 1 aliphatic heterocycles. The van der Waals surface area contributed by atoms with Crippen molar-refractivity contribution >= 4 is 15.7 Å². The van der Waals surface area contributed by atoms with Gasteiger partial charge in [0.2, 0.25) is 0 Å². The number of aryl methyl sites for hydroxylation is 1. The Hall–Kier alpha value is -2.06. The number of aromatic nitrogens is 2. The molecule has 1 atom stereocenters. The van der Waals surface area contributed by atoms with Gasteiger partial charge in [-0.1, -0.05) is 0 Å². The average molecular weight is 379 g/mol. The number of ether oxygens (including phenoxy) is 2. The fourth-order valence-corrected chi connectivity index (χ4v) is 4.11. The minimum absolute atomic E-state index is 0.141. The minimum atomic E-state index is -3.68. The first-order valence-corrected chi connectivity index (χ1v) is 10.4. The predicted octanol–water partition coefficient (Wildman–Crippen LogP) is 2.96. The van der Waals surface area contributed by atoms with E-state index in [2.05, 4.69) is 9.82 Å². The Morgan fingerprint density at radius 1 is 1.38 bits per heavy atom. The van der Waals surface area contributed by atoms with Crippen LogP contribution in [0.15, 0.2) is 35.5 Å². The molecular formula is C18H25N3O4S. The molecule has 8 heteroatoms. The quantitative estimate of drug-likeness (QED) is 0.800. The van der Waals surface area contributed by atoms with Gasteiger partial charge in [0.05, 0.1) is 36.0 Å². The van der Waals surface area contributed by atoms with Crippen LogP contribution < -0.4 is 9.46 Å². The lowest BCUT2D eigenvalue weighted by atomic mass is 10.1. The average Bonchev–Trinajstić information content (AvgIpc) is 3.04. The van der Waals surface area contributed by atoms with E-state index in [-0.39, 0.29) is 11.0 Å². The highest BCUT2D eigenvalue weighted by atomic mass is 32.2. The van der Waals surface area contributed by atoms with Crippen molar-refractivity contribution in [1.82, 2.24) is 9.78 Å². The summed E-state index contributed by atoms with van der Waals surface area (Å²) in [7, 11) is -3.68. The topological polar surface area (TPSA) is 82.5 Å². The number of nitrogens with zero attached hydrogens (tertiary/aromatic N) is 2. The second-order valence-electron chi connectivity index (χ2n) is 6.41. The Morgan fingerprint density at radius 2 is 2.23 bits per heavy atom. The van der Waals surface area contributed by atoms with Gasteiger partial charge in [-0.3, -0.25) is 9.40 Å². The molecule has 1 N–H and O–H groups in total. The zero-order valence-corrected chi connectivity index (χ0v) is 16.0. The molecule has 2 aromatic rings. The van der Waals surface area contributed by atoms with Gasteiger partial charge in [0.25, 0.3) is 10.0 Å². The number of hydrogen-bond acceptors (Lipinski definition) is 5. The summed E-state index contributed by atoms with van der Waals surface area (Å²) in [6.07, 6.45) is 6.61. The Kier molecular flexibility index (Phi) is 5.83. The van der Waals surface area contributed by atoms with E-state index in [0.29, 0.717) is 24.6 Å². The maximum atomic E-state index is 12.6. The van der Waals surface area contributed by atoms with E-state index < -0.39 is 10.0 Å². The summed E-state index contributed by atoms with van der Waals surface area (Å²) in [5.74, 6) is 0.687. The second kappa shape index (κ2) is 8.09. The zero-order chi connectivity index (χ0) is 18.6. The fraction of sp³-hybridized carbons (Fsp3) is 0.500. The second-order valence-corrected chi connectivity index (χ2v) is 8.09. The zero-order valence-electron chi connectivity index (χ0n) is 15.1. The largest absolute Gasteiger partial charge is 0.494 e. The molecule has 0 saturated carbocycles. The maximum absolute atomic E-state index is 12.6. The number of rotatable bonds is 7. The summed E-state index contributed by atoms with van der Waals surface area (Å²) in [5.41, 5.74) is 1.22. The van der Waals surface area contributed by atoms with Crippen LogP contribution in [-0.2, 0) is 21.3 Å². The number of sulfonamides is 1. The third kappa shape index (κ3) is 4.56. The van der Waals surface area contributed by atoms with Crippen LogP contribution in [0.4, 0.5) is 5.69 Å². The Morgan fingerprint density at radius 3 is 2.92 bits per heavy atom. The molecule has 1 unspecified atom stereocenters. The van der Waals surface area contributed by atoms with Crippen molar-refractivity contribution in [3.8, 4) is 5.75 Å². The summed E-state index contributed by atoms with van der Waals surface area (Å²) >= 11 is 0. The molecule has 1 fully saturated rings. The highest BCUT2D eigenvalue weighted by molar-refractivity contribution is 7.92. The lowest BCUT2D eigenvalue weighted by Gasteiger charge is -2.22. The van der Waals surface area contributed by atoms with Crippen molar-refractivity contribution in [3.05, 3.63) is 36.2 Å². The van der Waals surface area contributed by atoms with Crippen molar-refractivity contribution in [1.29, 1.82) is 0 Å². The van der Waals surface area contributed by atoms with E-state index in [1.807, 2.05) is 13.8 Å². The normalized spacial score (nSPS) is 17.8. The van der Waals surface area contributed by atoms with E-state index in [0.717, 1.165) is 31.4 Å². The molecule has 1 aliphatic rings. The van der Waals surface area contributed by atoms with Gasteiger partial charge < -0.3 is 9.47 Å². The summed E-state index contributed by atoms with van der Waals surface area (Å²) in [4.78, 5) is 0.196. The third-order valence-corrected chi connectivity index (χ3v) is 5.69. The smallest absolute Gasteiger partial charge is 0.262 e. The molecule has 0 bridgehead atoms. The number of hydrogen-bond donors (Lipinski definition) is 1. The molecule has 2 heterocycles. The van der Waals surface area contributed by atoms with Crippen LogP contribution in [0.3, 0.4) is 0 Å². The SMILES string of the molecule is CCOc1ccc(S(=O)(=O)Nc2cnn(CC3CCCCO3)c2)cc1C. The minimum Gasteiger partial charge on any atom is -0.494 e. The van der Waals surface area contributed by atoms with Crippen LogP contribution in [0.25, 0.3) is 0 Å². The summed E-state index contributed by atoms with van der Waals surface area (Å²) in [6, 6.07) is 4.82. The monoisotopic (exact) mass is 379 g/mol. The van der Waals surface area contributed by atoms with E-state index in [1.54, 1.807) is 29.1 Å². The lowest BCUT2D eigenvalue weighted by molar-refractivity contribution is 0.00401. The van der Waals surface area contributed by atoms with Crippen molar-refractivity contribution < 1.29 is 17.9 Å². The first-order chi connectivity index (χ1) is 12.5. The van der Waals surface area contributed by atoms with Crippen molar-refractivity contribution in [2.75, 3.05) is 17.9 Å². The lowest BCUT2D eigenvalue weighted by Crippen LogP contribution is -2.24. The van der Waals surface area contributed by atoms with Gasteiger partial charge in [0.1, 0.15) is 5.75 Å². The molecule has 0 aliphatic carbocycles. The van der Waals surface area contributed by atoms with Crippen LogP contribution in [-0.4, -0.2) is 37.5 Å². The molecule has 0 amide bonds. The van der Waals surface area contributed by atoms with E-state index in [4.69, 9.17) is 9.47 Å². The summed E-state index contributed by atoms with van der Waals surface area (Å²) in [5, 5.41) is 4.23. The van der Waals surface area contributed by atoms with Crippen molar-refractivity contribution in [2.24, 2.45) is 0 Å². The fourth-order valence-electron chi connectivity index (χ4n) is 3.00. The van der Waals surface area contributed by atoms with E-state index in [9.17, 15) is 8.42 Å². The van der Waals surface area contributed by atoms with Crippen molar-refractivity contribution in [3.63, 3.8) is 0 Å². The number of anilines is 1. The molecule has 1 aromatic carbocycles. The van der Waals surface area contributed by atoms with Crippen molar-refractivity contribution in [2.45, 2.75) is 50.7 Å². The van der Waals surface area contributed by atoms with Gasteiger partial charge in [0.15, 0.2) is 0 Å². The first-order valence-electron chi connectivity index (χ1n) is 8.88. The van der Waals surface area contributed by atoms with Gasteiger partial charge in [-0.2, -0.15) is 5.10 Å². The maximum Gasteiger partial charge on any atom is 0.262 e. The molecule has 1 saturated heterocycles. The van der Waals surface area contributed by atoms with Crippen LogP contribution in [0, 0.1) is 6.92 Å². The molecule has 0 spiro atoms. The highest BCUT2D eigenvalue weighted by Crippen LogP contribution is 2.23. The van der Waals surface area contributed by atoms with Crippen LogP contribution in [0.5, 0.6) is 5.75 Å². The predicted molar refractivity (Wildman–Crippen MR) is 99.0 cm³/mol. The van der Waals surface area contributed by atoms with Gasteiger partial charge in [-0.15, -0.1) is 0 Å². The third-order valence-electron chi connectivity index (χ3n) is 4.31. The first kappa shape index (κ1) is 18.7. The van der Waals surface area contributed by atoms with Crippen LogP contribution >= 0.6 is 0 Å². The Labute approximate surface area is 154 Å². The van der Waals surface area contributed by atoms with Gasteiger partial charge >= 0.3 is 0 Å². The summed E-state index contributed by atoms with van der Waals surface area (Å²) < 4.78 is 40.7. The number of nitrogens with one attached hydrogen (secondary N) is 1. The molecule has 0 radical (unpaired) electrons. The molecule has 3 rings (SSSR count). The number of benzene rings is 1. The molecule has 7 nitrogen and oxygen atoms in total. The molecule has 26 heavy (non-hydrogen) atoms. The molecule has 1 aromatic heterocycles. The van der Waals surface area contributed by atoms with E-state index >= 15 is 0 Å². The van der Waals surface area contributed by atoms with Gasteiger partial charge in [-0.05, 0) is 56.9 Å². The van der Waals surface area contributed by atoms with Gasteiger partial charge in [-0.25, -0.2) is 8.42 Å².